The smallest absolute Gasteiger partial charge is 0.282 e. The van der Waals surface area contributed by atoms with Crippen LogP contribution in [-0.2, 0) is 0 Å². The molecule has 0 aliphatic heterocycles. The van der Waals surface area contributed by atoms with Crippen LogP contribution in [0, 0.1) is 5.41 Å². The molecule has 0 saturated carbocycles. The summed E-state index contributed by atoms with van der Waals surface area (Å²) in [6.45, 7) is 5.19. The third-order valence-corrected chi connectivity index (χ3v) is 1.67. The summed E-state index contributed by atoms with van der Waals surface area (Å²) in [6.07, 6.45) is 0.842. The number of halogens is 2. The summed E-state index contributed by atoms with van der Waals surface area (Å²) in [7, 11) is 0. The van der Waals surface area contributed by atoms with Gasteiger partial charge in [0.2, 0.25) is 0 Å². The monoisotopic (exact) mass is 195 g/mol. The predicted molar refractivity (Wildman–Crippen MR) is 49.0 cm³/mol. The molecule has 0 aliphatic rings. The zero-order valence-electron chi connectivity index (χ0n) is 8.53. The molecule has 0 bridgehead atoms. The number of hydrogen-bond acceptors (Lipinski definition) is 2. The Balaban J connectivity index is 3.47. The predicted octanol–water partition coefficient (Wildman–Crippen LogP) is 1.64. The normalized spacial score (nSPS) is 13.4. The van der Waals surface area contributed by atoms with Crippen LogP contribution in [0.25, 0.3) is 0 Å². The van der Waals surface area contributed by atoms with Crippen LogP contribution < -0.4 is 5.32 Å². The van der Waals surface area contributed by atoms with E-state index in [-0.39, 0.29) is 5.41 Å². The Hall–Kier alpha value is -0.220. The standard InChI is InChI=1S/C9H19F2NO/c1-8(2,3)4-5-12-6-9(10,11)7-13/h12-13H,4-7H2,1-3H3. The zero-order chi connectivity index (χ0) is 10.5. The van der Waals surface area contributed by atoms with Gasteiger partial charge in [0, 0.05) is 0 Å². The first-order valence-corrected chi connectivity index (χ1v) is 4.46. The maximum absolute atomic E-state index is 12.5. The SMILES string of the molecule is CC(C)(C)CCNCC(F)(F)CO. The van der Waals surface area contributed by atoms with Crippen molar-refractivity contribution in [2.45, 2.75) is 33.1 Å². The summed E-state index contributed by atoms with van der Waals surface area (Å²) < 4.78 is 24.9. The van der Waals surface area contributed by atoms with E-state index in [4.69, 9.17) is 5.11 Å². The molecule has 2 N–H and O–H groups in total. The Bertz CT molecular complexity index is 143. The maximum atomic E-state index is 12.5. The van der Waals surface area contributed by atoms with Crippen LogP contribution in [0.3, 0.4) is 0 Å². The van der Waals surface area contributed by atoms with Crippen LogP contribution in [-0.4, -0.2) is 30.7 Å². The van der Waals surface area contributed by atoms with Gasteiger partial charge >= 0.3 is 0 Å². The first-order chi connectivity index (χ1) is 5.77. The van der Waals surface area contributed by atoms with Gasteiger partial charge in [-0.15, -0.1) is 0 Å². The zero-order valence-corrected chi connectivity index (χ0v) is 8.53. The third kappa shape index (κ3) is 8.12. The van der Waals surface area contributed by atoms with E-state index >= 15 is 0 Å². The molecule has 0 aromatic heterocycles. The van der Waals surface area contributed by atoms with Crippen LogP contribution in [0.15, 0.2) is 0 Å². The highest BCUT2D eigenvalue weighted by Gasteiger charge is 2.26. The molecule has 0 rings (SSSR count). The van der Waals surface area contributed by atoms with E-state index in [1.165, 1.54) is 0 Å². The molecule has 4 heteroatoms. The summed E-state index contributed by atoms with van der Waals surface area (Å²) in [6, 6.07) is 0. The average molecular weight is 195 g/mol. The summed E-state index contributed by atoms with van der Waals surface area (Å²) in [5, 5.41) is 10.9. The second-order valence-corrected chi connectivity index (χ2v) is 4.50. The van der Waals surface area contributed by atoms with Crippen molar-refractivity contribution in [2.75, 3.05) is 19.7 Å². The molecule has 0 saturated heterocycles. The van der Waals surface area contributed by atoms with Gasteiger partial charge in [0.1, 0.15) is 6.61 Å². The van der Waals surface area contributed by atoms with E-state index in [0.29, 0.717) is 6.54 Å². The maximum Gasteiger partial charge on any atom is 0.282 e. The van der Waals surface area contributed by atoms with Gasteiger partial charge in [-0.05, 0) is 18.4 Å². The van der Waals surface area contributed by atoms with Gasteiger partial charge in [-0.1, -0.05) is 20.8 Å². The van der Waals surface area contributed by atoms with E-state index in [1.54, 1.807) is 0 Å². The molecular formula is C9H19F2NO. The minimum atomic E-state index is -2.99. The van der Waals surface area contributed by atoms with Crippen molar-refractivity contribution in [3.63, 3.8) is 0 Å². The lowest BCUT2D eigenvalue weighted by molar-refractivity contribution is -0.0477. The summed E-state index contributed by atoms with van der Waals surface area (Å²) >= 11 is 0. The first kappa shape index (κ1) is 12.8. The number of nitrogens with one attached hydrogen (secondary N) is 1. The number of aliphatic hydroxyl groups excluding tert-OH is 1. The molecule has 0 aromatic carbocycles. The van der Waals surface area contributed by atoms with Crippen LogP contribution in [0.4, 0.5) is 8.78 Å². The van der Waals surface area contributed by atoms with Gasteiger partial charge in [-0.25, -0.2) is 8.78 Å². The molecule has 0 spiro atoms. The molecule has 80 valence electrons. The molecule has 0 radical (unpaired) electrons. The van der Waals surface area contributed by atoms with Gasteiger partial charge in [0.05, 0.1) is 6.54 Å². The highest BCUT2D eigenvalue weighted by atomic mass is 19.3. The Morgan fingerprint density at radius 1 is 1.23 bits per heavy atom. The number of aliphatic hydroxyl groups is 1. The van der Waals surface area contributed by atoms with Crippen LogP contribution in [0.5, 0.6) is 0 Å². The number of alkyl halides is 2. The molecule has 13 heavy (non-hydrogen) atoms. The lowest BCUT2D eigenvalue weighted by atomic mass is 9.92. The topological polar surface area (TPSA) is 32.3 Å². The van der Waals surface area contributed by atoms with E-state index in [9.17, 15) is 8.78 Å². The van der Waals surface area contributed by atoms with Crippen molar-refractivity contribution in [1.29, 1.82) is 0 Å². The van der Waals surface area contributed by atoms with E-state index in [1.807, 2.05) is 0 Å². The Morgan fingerprint density at radius 3 is 2.15 bits per heavy atom. The lowest BCUT2D eigenvalue weighted by Gasteiger charge is -2.19. The van der Waals surface area contributed by atoms with Crippen molar-refractivity contribution in [2.24, 2.45) is 5.41 Å². The highest BCUT2D eigenvalue weighted by Crippen LogP contribution is 2.17. The van der Waals surface area contributed by atoms with Crippen molar-refractivity contribution in [3.8, 4) is 0 Å². The summed E-state index contributed by atoms with van der Waals surface area (Å²) in [5.41, 5.74) is 0.154. The van der Waals surface area contributed by atoms with E-state index in [0.717, 1.165) is 6.42 Å². The molecule has 2 nitrogen and oxygen atoms in total. The summed E-state index contributed by atoms with van der Waals surface area (Å²) in [4.78, 5) is 0. The largest absolute Gasteiger partial charge is 0.390 e. The second kappa shape index (κ2) is 4.86. The van der Waals surface area contributed by atoms with Gasteiger partial charge in [0.25, 0.3) is 5.92 Å². The molecule has 0 fully saturated rings. The molecule has 0 aromatic rings. The average Bonchev–Trinajstić information content (AvgIpc) is 1.97. The Kier molecular flexibility index (Phi) is 4.78. The van der Waals surface area contributed by atoms with Crippen LogP contribution in [0.1, 0.15) is 27.2 Å². The minimum Gasteiger partial charge on any atom is -0.390 e. The fourth-order valence-electron chi connectivity index (χ4n) is 0.791. The third-order valence-electron chi connectivity index (χ3n) is 1.67. The molecule has 0 aliphatic carbocycles. The van der Waals surface area contributed by atoms with Crippen molar-refractivity contribution in [3.05, 3.63) is 0 Å². The Labute approximate surface area is 78.3 Å². The van der Waals surface area contributed by atoms with E-state index < -0.39 is 19.1 Å². The highest BCUT2D eigenvalue weighted by molar-refractivity contribution is 4.69. The van der Waals surface area contributed by atoms with Gasteiger partial charge < -0.3 is 10.4 Å². The quantitative estimate of drug-likeness (QED) is 0.654. The summed E-state index contributed by atoms with van der Waals surface area (Å²) in [5.74, 6) is -2.99. The van der Waals surface area contributed by atoms with E-state index in [2.05, 4.69) is 26.1 Å². The fraction of sp³-hybridized carbons (Fsp3) is 1.00. The fourth-order valence-corrected chi connectivity index (χ4v) is 0.791. The molecule has 0 unspecified atom stereocenters. The van der Waals surface area contributed by atoms with Crippen molar-refractivity contribution >= 4 is 0 Å². The van der Waals surface area contributed by atoms with Crippen LogP contribution >= 0.6 is 0 Å². The lowest BCUT2D eigenvalue weighted by Crippen LogP contribution is -2.37. The molecule has 0 atom stereocenters. The van der Waals surface area contributed by atoms with Gasteiger partial charge in [-0.3, -0.25) is 0 Å². The van der Waals surface area contributed by atoms with Gasteiger partial charge in [-0.2, -0.15) is 0 Å². The molecule has 0 amide bonds. The van der Waals surface area contributed by atoms with Crippen LogP contribution in [0.2, 0.25) is 0 Å². The number of hydrogen-bond donors (Lipinski definition) is 2. The molecular weight excluding hydrogens is 176 g/mol. The minimum absolute atomic E-state index is 0.154. The Morgan fingerprint density at radius 2 is 1.77 bits per heavy atom. The van der Waals surface area contributed by atoms with Gasteiger partial charge in [0.15, 0.2) is 0 Å². The second-order valence-electron chi connectivity index (χ2n) is 4.50. The van der Waals surface area contributed by atoms with Crippen molar-refractivity contribution in [1.82, 2.24) is 5.32 Å². The first-order valence-electron chi connectivity index (χ1n) is 4.46. The van der Waals surface area contributed by atoms with Crippen molar-refractivity contribution < 1.29 is 13.9 Å². The molecule has 0 heterocycles. The number of rotatable bonds is 5.